The van der Waals surface area contributed by atoms with Gasteiger partial charge in [0.25, 0.3) is 0 Å². The molecule has 0 aromatic heterocycles. The zero-order valence-electron chi connectivity index (χ0n) is 6.50. The number of hydrogen-bond acceptors (Lipinski definition) is 2. The molecule has 4 N–H and O–H groups in total. The van der Waals surface area contributed by atoms with E-state index >= 15 is 0 Å². The zero-order valence-corrected chi connectivity index (χ0v) is 7.25. The Hall–Kier alpha value is -1.22. The highest BCUT2D eigenvalue weighted by atomic mass is 35.5. The van der Waals surface area contributed by atoms with Crippen molar-refractivity contribution in [2.24, 2.45) is 16.7 Å². The minimum atomic E-state index is 0.378. The first-order valence-electron chi connectivity index (χ1n) is 3.49. The van der Waals surface area contributed by atoms with E-state index in [1.54, 1.807) is 6.07 Å². The number of benzene rings is 1. The number of hydrogen-bond donors (Lipinski definition) is 2. The van der Waals surface area contributed by atoms with Crippen LogP contribution in [0.4, 0.5) is 0 Å². The predicted molar refractivity (Wildman–Crippen MR) is 51.0 cm³/mol. The van der Waals surface area contributed by atoms with Crippen molar-refractivity contribution in [1.82, 2.24) is 0 Å². The van der Waals surface area contributed by atoms with Gasteiger partial charge in [0.15, 0.2) is 0 Å². The lowest BCUT2D eigenvalue weighted by Crippen LogP contribution is -2.17. The second-order valence-electron chi connectivity index (χ2n) is 2.39. The molecule has 0 fully saturated rings. The Balaban J connectivity index is 2.82. The molecule has 3 nitrogen and oxygen atoms in total. The predicted octanol–water partition coefficient (Wildman–Crippen LogP) is 1.11. The highest BCUT2D eigenvalue weighted by Gasteiger charge is 2.00. The maximum atomic E-state index is 5.87. The standard InChI is InChI=1S/C8H10ClN3/c9-7-4-2-1-3-6(7)5-8(10)12-11/h1-4H,5,11H2,(H2,10,12). The molecule has 0 radical (unpaired) electrons. The summed E-state index contributed by atoms with van der Waals surface area (Å²) in [5.74, 6) is 5.37. The van der Waals surface area contributed by atoms with Gasteiger partial charge >= 0.3 is 0 Å². The molecule has 0 aliphatic rings. The van der Waals surface area contributed by atoms with E-state index in [0.29, 0.717) is 17.3 Å². The minimum absolute atomic E-state index is 0.378. The van der Waals surface area contributed by atoms with Crippen LogP contribution in [0.2, 0.25) is 5.02 Å². The van der Waals surface area contributed by atoms with Crippen molar-refractivity contribution in [2.75, 3.05) is 0 Å². The van der Waals surface area contributed by atoms with Crippen LogP contribution in [0.5, 0.6) is 0 Å². The number of hydrazone groups is 1. The van der Waals surface area contributed by atoms with Crippen LogP contribution in [0.15, 0.2) is 29.4 Å². The van der Waals surface area contributed by atoms with E-state index in [2.05, 4.69) is 5.10 Å². The van der Waals surface area contributed by atoms with Crippen molar-refractivity contribution in [3.8, 4) is 0 Å². The van der Waals surface area contributed by atoms with Gasteiger partial charge in [0.1, 0.15) is 5.84 Å². The Labute approximate surface area is 76.0 Å². The maximum Gasteiger partial charge on any atom is 0.123 e. The lowest BCUT2D eigenvalue weighted by atomic mass is 10.1. The normalized spacial score (nSPS) is 11.6. The fourth-order valence-corrected chi connectivity index (χ4v) is 1.09. The van der Waals surface area contributed by atoms with Gasteiger partial charge in [-0.15, -0.1) is 0 Å². The van der Waals surface area contributed by atoms with Crippen molar-refractivity contribution >= 4 is 17.4 Å². The SMILES string of the molecule is N/N=C(\N)Cc1ccccc1Cl. The van der Waals surface area contributed by atoms with Gasteiger partial charge in [-0.2, -0.15) is 5.10 Å². The summed E-state index contributed by atoms with van der Waals surface area (Å²) in [6.07, 6.45) is 0.496. The van der Waals surface area contributed by atoms with Crippen LogP contribution < -0.4 is 11.6 Å². The third-order valence-electron chi connectivity index (χ3n) is 1.50. The maximum absolute atomic E-state index is 5.87. The summed E-state index contributed by atoms with van der Waals surface area (Å²) in [4.78, 5) is 0. The molecule has 1 aromatic carbocycles. The molecule has 0 aliphatic heterocycles. The monoisotopic (exact) mass is 183 g/mol. The number of amidine groups is 1. The van der Waals surface area contributed by atoms with Crippen LogP contribution in [0.3, 0.4) is 0 Å². The fraction of sp³-hybridized carbons (Fsp3) is 0.125. The van der Waals surface area contributed by atoms with Gasteiger partial charge in [0.2, 0.25) is 0 Å². The first-order chi connectivity index (χ1) is 5.74. The highest BCUT2D eigenvalue weighted by Crippen LogP contribution is 2.14. The summed E-state index contributed by atoms with van der Waals surface area (Å²) in [5, 5.41) is 4.05. The molecule has 0 saturated carbocycles. The Morgan fingerprint density at radius 1 is 1.42 bits per heavy atom. The molecule has 0 saturated heterocycles. The molecule has 1 rings (SSSR count). The Kier molecular flexibility index (Phi) is 2.94. The summed E-state index contributed by atoms with van der Waals surface area (Å²) in [6.45, 7) is 0. The lowest BCUT2D eigenvalue weighted by molar-refractivity contribution is 1.17. The summed E-state index contributed by atoms with van der Waals surface area (Å²) in [5.41, 5.74) is 6.38. The van der Waals surface area contributed by atoms with E-state index in [9.17, 15) is 0 Å². The van der Waals surface area contributed by atoms with Gasteiger partial charge < -0.3 is 11.6 Å². The summed E-state index contributed by atoms with van der Waals surface area (Å²) in [7, 11) is 0. The molecule has 64 valence electrons. The van der Waals surface area contributed by atoms with E-state index in [-0.39, 0.29) is 0 Å². The molecule has 0 spiro atoms. The average Bonchev–Trinajstić information content (AvgIpc) is 2.09. The lowest BCUT2D eigenvalue weighted by Gasteiger charge is -2.01. The van der Waals surface area contributed by atoms with Gasteiger partial charge in [0.05, 0.1) is 0 Å². The molecule has 4 heteroatoms. The fourth-order valence-electron chi connectivity index (χ4n) is 0.883. The highest BCUT2D eigenvalue weighted by molar-refractivity contribution is 6.31. The van der Waals surface area contributed by atoms with Gasteiger partial charge in [-0.3, -0.25) is 0 Å². The summed E-state index contributed by atoms with van der Waals surface area (Å²) >= 11 is 5.87. The van der Waals surface area contributed by atoms with Crippen molar-refractivity contribution in [3.05, 3.63) is 34.9 Å². The molecule has 0 unspecified atom stereocenters. The van der Waals surface area contributed by atoms with Crippen LogP contribution in [0, 0.1) is 0 Å². The van der Waals surface area contributed by atoms with Crippen LogP contribution in [-0.2, 0) is 6.42 Å². The third kappa shape index (κ3) is 2.13. The number of rotatable bonds is 2. The van der Waals surface area contributed by atoms with Gasteiger partial charge in [0, 0.05) is 11.4 Å². The number of nitrogens with zero attached hydrogens (tertiary/aromatic N) is 1. The molecule has 1 aromatic rings. The number of halogens is 1. The van der Waals surface area contributed by atoms with Crippen molar-refractivity contribution in [2.45, 2.75) is 6.42 Å². The molecule has 12 heavy (non-hydrogen) atoms. The van der Waals surface area contributed by atoms with Gasteiger partial charge in [-0.05, 0) is 11.6 Å². The molecule has 0 amide bonds. The molecule has 0 aliphatic carbocycles. The van der Waals surface area contributed by atoms with Crippen molar-refractivity contribution in [3.63, 3.8) is 0 Å². The zero-order chi connectivity index (χ0) is 8.97. The average molecular weight is 184 g/mol. The van der Waals surface area contributed by atoms with E-state index < -0.39 is 0 Å². The van der Waals surface area contributed by atoms with Gasteiger partial charge in [-0.25, -0.2) is 0 Å². The van der Waals surface area contributed by atoms with Gasteiger partial charge in [-0.1, -0.05) is 29.8 Å². The van der Waals surface area contributed by atoms with Crippen LogP contribution in [0.1, 0.15) is 5.56 Å². The van der Waals surface area contributed by atoms with Crippen LogP contribution in [-0.4, -0.2) is 5.84 Å². The Bertz CT molecular complexity index is 296. The first-order valence-corrected chi connectivity index (χ1v) is 3.87. The Morgan fingerprint density at radius 2 is 2.08 bits per heavy atom. The smallest absolute Gasteiger partial charge is 0.123 e. The van der Waals surface area contributed by atoms with Crippen molar-refractivity contribution < 1.29 is 0 Å². The molecule has 0 bridgehead atoms. The quantitative estimate of drug-likeness (QED) is 0.312. The van der Waals surface area contributed by atoms with Crippen LogP contribution >= 0.6 is 11.6 Å². The summed E-state index contributed by atoms with van der Waals surface area (Å²) < 4.78 is 0. The van der Waals surface area contributed by atoms with E-state index in [4.69, 9.17) is 23.2 Å². The first kappa shape index (κ1) is 8.87. The minimum Gasteiger partial charge on any atom is -0.385 e. The summed E-state index contributed by atoms with van der Waals surface area (Å²) in [6, 6.07) is 7.45. The Morgan fingerprint density at radius 3 is 2.67 bits per heavy atom. The topological polar surface area (TPSA) is 64.4 Å². The molecule has 0 heterocycles. The van der Waals surface area contributed by atoms with E-state index in [0.717, 1.165) is 5.56 Å². The molecule has 0 atom stereocenters. The largest absolute Gasteiger partial charge is 0.385 e. The molecular weight excluding hydrogens is 174 g/mol. The molecular formula is C8H10ClN3. The third-order valence-corrected chi connectivity index (χ3v) is 1.86. The van der Waals surface area contributed by atoms with Crippen LogP contribution in [0.25, 0.3) is 0 Å². The second-order valence-corrected chi connectivity index (χ2v) is 2.80. The van der Waals surface area contributed by atoms with E-state index in [1.807, 2.05) is 18.2 Å². The van der Waals surface area contributed by atoms with Crippen molar-refractivity contribution in [1.29, 1.82) is 0 Å². The number of nitrogens with two attached hydrogens (primary N) is 2. The van der Waals surface area contributed by atoms with E-state index in [1.165, 1.54) is 0 Å². The second kappa shape index (κ2) is 3.97.